The Hall–Kier alpha value is -2.28. The Morgan fingerprint density at radius 3 is 2.44 bits per heavy atom. The number of amides is 3. The Kier molecular flexibility index (Phi) is 10.8. The van der Waals surface area contributed by atoms with Gasteiger partial charge in [-0.3, -0.25) is 4.79 Å². The lowest BCUT2D eigenvalue weighted by Crippen LogP contribution is -2.48. The van der Waals surface area contributed by atoms with Crippen molar-refractivity contribution in [2.45, 2.75) is 53.6 Å². The minimum absolute atomic E-state index is 0.0123. The van der Waals surface area contributed by atoms with Gasteiger partial charge >= 0.3 is 6.03 Å². The van der Waals surface area contributed by atoms with Crippen molar-refractivity contribution < 1.29 is 9.59 Å². The first-order valence-corrected chi connectivity index (χ1v) is 12.3. The number of halogens is 1. The van der Waals surface area contributed by atoms with E-state index in [1.807, 2.05) is 30.0 Å². The van der Waals surface area contributed by atoms with Gasteiger partial charge in [-0.05, 0) is 49.1 Å². The van der Waals surface area contributed by atoms with Gasteiger partial charge < -0.3 is 19.7 Å². The third-order valence-corrected chi connectivity index (χ3v) is 5.73. The zero-order chi connectivity index (χ0) is 23.5. The predicted molar refractivity (Wildman–Crippen MR) is 133 cm³/mol. The number of hydrogen-bond acceptors (Lipinski definition) is 2. The van der Waals surface area contributed by atoms with Gasteiger partial charge in [0.05, 0.1) is 6.54 Å². The van der Waals surface area contributed by atoms with Gasteiger partial charge in [0.2, 0.25) is 5.91 Å². The first-order valence-electron chi connectivity index (χ1n) is 11.5. The van der Waals surface area contributed by atoms with Crippen LogP contribution in [0.3, 0.4) is 0 Å². The SMILES string of the molecule is CCCCN(Cc1cccn1Cc1ccc(Br)cc1)C(=O)CN(CC(C)C)C(=O)NCC. The second kappa shape index (κ2) is 13.3. The smallest absolute Gasteiger partial charge is 0.317 e. The zero-order valence-corrected chi connectivity index (χ0v) is 21.4. The van der Waals surface area contributed by atoms with Gasteiger partial charge in [-0.25, -0.2) is 4.79 Å². The highest BCUT2D eigenvalue weighted by molar-refractivity contribution is 9.10. The summed E-state index contributed by atoms with van der Waals surface area (Å²) in [4.78, 5) is 29.3. The molecule has 3 amide bonds. The summed E-state index contributed by atoms with van der Waals surface area (Å²) in [6.07, 6.45) is 4.00. The van der Waals surface area contributed by atoms with E-state index in [1.54, 1.807) is 4.90 Å². The standard InChI is InChI=1S/C25H37BrN4O2/c1-5-7-14-29(24(31)19-30(16-20(3)4)25(32)27-6-2)18-23-9-8-15-28(23)17-21-10-12-22(26)13-11-21/h8-13,15,20H,5-7,14,16-19H2,1-4H3,(H,27,32). The van der Waals surface area contributed by atoms with Crippen molar-refractivity contribution in [3.63, 3.8) is 0 Å². The molecular formula is C25H37BrN4O2. The molecule has 1 heterocycles. The van der Waals surface area contributed by atoms with E-state index >= 15 is 0 Å². The van der Waals surface area contributed by atoms with E-state index in [4.69, 9.17) is 0 Å². The average Bonchev–Trinajstić information content (AvgIpc) is 3.18. The summed E-state index contributed by atoms with van der Waals surface area (Å²) in [5, 5.41) is 2.83. The van der Waals surface area contributed by atoms with Crippen molar-refractivity contribution in [3.05, 3.63) is 58.3 Å². The molecule has 0 saturated heterocycles. The maximum atomic E-state index is 13.3. The summed E-state index contributed by atoms with van der Waals surface area (Å²) in [6.45, 7) is 11.3. The minimum Gasteiger partial charge on any atom is -0.345 e. The Bertz CT molecular complexity index is 848. The first kappa shape index (κ1) is 26.0. The molecule has 0 saturated carbocycles. The van der Waals surface area contributed by atoms with Crippen LogP contribution in [0.1, 0.15) is 51.8 Å². The van der Waals surface area contributed by atoms with E-state index < -0.39 is 0 Å². The van der Waals surface area contributed by atoms with Gasteiger partial charge in [-0.15, -0.1) is 0 Å². The summed E-state index contributed by atoms with van der Waals surface area (Å²) in [5.41, 5.74) is 2.29. The fourth-order valence-corrected chi connectivity index (χ4v) is 3.82. The maximum Gasteiger partial charge on any atom is 0.317 e. The summed E-state index contributed by atoms with van der Waals surface area (Å²) in [6, 6.07) is 12.2. The van der Waals surface area contributed by atoms with Crippen LogP contribution in [-0.4, -0.2) is 52.5 Å². The van der Waals surface area contributed by atoms with Crippen molar-refractivity contribution in [1.82, 2.24) is 19.7 Å². The van der Waals surface area contributed by atoms with Crippen LogP contribution >= 0.6 is 15.9 Å². The average molecular weight is 506 g/mol. The lowest BCUT2D eigenvalue weighted by molar-refractivity contribution is -0.132. The van der Waals surface area contributed by atoms with Crippen molar-refractivity contribution in [2.75, 3.05) is 26.2 Å². The lowest BCUT2D eigenvalue weighted by atomic mass is 10.2. The van der Waals surface area contributed by atoms with Crippen LogP contribution in [0.25, 0.3) is 0 Å². The van der Waals surface area contributed by atoms with Crippen molar-refractivity contribution in [2.24, 2.45) is 5.92 Å². The largest absolute Gasteiger partial charge is 0.345 e. The van der Waals surface area contributed by atoms with Gasteiger partial charge in [0.25, 0.3) is 0 Å². The molecule has 0 atom stereocenters. The molecule has 0 aliphatic carbocycles. The number of nitrogens with zero attached hydrogens (tertiary/aromatic N) is 3. The molecule has 2 rings (SSSR count). The number of urea groups is 1. The van der Waals surface area contributed by atoms with Crippen LogP contribution in [0.15, 0.2) is 47.1 Å². The second-order valence-corrected chi connectivity index (χ2v) is 9.45. The van der Waals surface area contributed by atoms with Crippen LogP contribution in [0.2, 0.25) is 0 Å². The molecule has 0 radical (unpaired) electrons. The lowest BCUT2D eigenvalue weighted by Gasteiger charge is -2.29. The zero-order valence-electron chi connectivity index (χ0n) is 19.8. The predicted octanol–water partition coefficient (Wildman–Crippen LogP) is 5.12. The van der Waals surface area contributed by atoms with E-state index in [0.29, 0.717) is 26.2 Å². The Balaban J connectivity index is 2.13. The van der Waals surface area contributed by atoms with Crippen molar-refractivity contribution in [1.29, 1.82) is 0 Å². The number of carbonyl (C=O) groups is 2. The third kappa shape index (κ3) is 8.34. The van der Waals surface area contributed by atoms with E-state index in [0.717, 1.165) is 29.6 Å². The minimum atomic E-state index is -0.177. The van der Waals surface area contributed by atoms with E-state index in [-0.39, 0.29) is 24.4 Å². The molecule has 0 aliphatic rings. The highest BCUT2D eigenvalue weighted by atomic mass is 79.9. The molecule has 1 aromatic heterocycles. The molecule has 1 aromatic carbocycles. The molecule has 0 unspecified atom stereocenters. The molecule has 6 nitrogen and oxygen atoms in total. The van der Waals surface area contributed by atoms with Crippen LogP contribution in [0.5, 0.6) is 0 Å². The third-order valence-electron chi connectivity index (χ3n) is 5.20. The molecular weight excluding hydrogens is 468 g/mol. The molecule has 2 aromatic rings. The van der Waals surface area contributed by atoms with Crippen LogP contribution < -0.4 is 5.32 Å². The van der Waals surface area contributed by atoms with E-state index in [1.165, 1.54) is 5.56 Å². The van der Waals surface area contributed by atoms with Gasteiger partial charge in [0.15, 0.2) is 0 Å². The first-order chi connectivity index (χ1) is 15.3. The van der Waals surface area contributed by atoms with E-state index in [2.05, 4.69) is 71.0 Å². The fourth-order valence-electron chi connectivity index (χ4n) is 3.56. The molecule has 176 valence electrons. The van der Waals surface area contributed by atoms with Gasteiger partial charge in [-0.2, -0.15) is 0 Å². The van der Waals surface area contributed by atoms with Crippen LogP contribution in [0.4, 0.5) is 4.79 Å². The number of rotatable bonds is 12. The molecule has 7 heteroatoms. The summed E-state index contributed by atoms with van der Waals surface area (Å²) >= 11 is 3.48. The Morgan fingerprint density at radius 1 is 1.09 bits per heavy atom. The number of nitrogens with one attached hydrogen (secondary N) is 1. The summed E-state index contributed by atoms with van der Waals surface area (Å²) < 4.78 is 3.24. The number of unbranched alkanes of at least 4 members (excludes halogenated alkanes) is 1. The topological polar surface area (TPSA) is 57.6 Å². The van der Waals surface area contributed by atoms with Crippen LogP contribution in [0, 0.1) is 5.92 Å². The molecule has 1 N–H and O–H groups in total. The van der Waals surface area contributed by atoms with E-state index in [9.17, 15) is 9.59 Å². The Labute approximate surface area is 201 Å². The highest BCUT2D eigenvalue weighted by Crippen LogP contribution is 2.15. The monoisotopic (exact) mass is 504 g/mol. The second-order valence-electron chi connectivity index (χ2n) is 8.53. The molecule has 0 fully saturated rings. The van der Waals surface area contributed by atoms with Crippen LogP contribution in [-0.2, 0) is 17.9 Å². The molecule has 0 spiro atoms. The number of aromatic nitrogens is 1. The highest BCUT2D eigenvalue weighted by Gasteiger charge is 2.22. The number of hydrogen-bond donors (Lipinski definition) is 1. The normalized spacial score (nSPS) is 10.9. The maximum absolute atomic E-state index is 13.3. The van der Waals surface area contributed by atoms with Gasteiger partial charge in [0.1, 0.15) is 6.54 Å². The number of benzene rings is 1. The summed E-state index contributed by atoms with van der Waals surface area (Å²) in [5.74, 6) is 0.277. The fraction of sp³-hybridized carbons (Fsp3) is 0.520. The quantitative estimate of drug-likeness (QED) is 0.436. The van der Waals surface area contributed by atoms with Gasteiger partial charge in [-0.1, -0.05) is 55.3 Å². The Morgan fingerprint density at radius 2 is 1.81 bits per heavy atom. The number of carbonyl (C=O) groups excluding carboxylic acids is 2. The van der Waals surface area contributed by atoms with Crippen molar-refractivity contribution >= 4 is 27.9 Å². The molecule has 0 aliphatic heterocycles. The summed E-state index contributed by atoms with van der Waals surface area (Å²) in [7, 11) is 0. The van der Waals surface area contributed by atoms with Crippen molar-refractivity contribution in [3.8, 4) is 0 Å². The van der Waals surface area contributed by atoms with Gasteiger partial charge in [0, 0.05) is 42.5 Å². The molecule has 0 bridgehead atoms. The molecule has 32 heavy (non-hydrogen) atoms.